The van der Waals surface area contributed by atoms with E-state index in [1.54, 1.807) is 6.33 Å². The van der Waals surface area contributed by atoms with Crippen LogP contribution in [0.3, 0.4) is 0 Å². The van der Waals surface area contributed by atoms with Crippen molar-refractivity contribution in [1.82, 2.24) is 30.0 Å². The van der Waals surface area contributed by atoms with Gasteiger partial charge in [-0.1, -0.05) is 12.1 Å². The minimum Gasteiger partial charge on any atom is -0.311 e. The van der Waals surface area contributed by atoms with Crippen LogP contribution in [0.15, 0.2) is 36.8 Å². The SMILES string of the molecule is CCn1ncnc1CC(NC)c1cnc2ccccc2n1. The number of nitrogens with one attached hydrogen (secondary N) is 1. The average molecular weight is 282 g/mol. The van der Waals surface area contributed by atoms with Gasteiger partial charge in [0.1, 0.15) is 12.2 Å². The minimum absolute atomic E-state index is 0.0663. The summed E-state index contributed by atoms with van der Waals surface area (Å²) in [5.74, 6) is 0.951. The Labute approximate surface area is 123 Å². The summed E-state index contributed by atoms with van der Waals surface area (Å²) >= 11 is 0. The van der Waals surface area contributed by atoms with Crippen LogP contribution < -0.4 is 5.32 Å². The van der Waals surface area contributed by atoms with Gasteiger partial charge in [0.15, 0.2) is 0 Å². The molecule has 0 aliphatic heterocycles. The van der Waals surface area contributed by atoms with E-state index in [0.29, 0.717) is 0 Å². The molecule has 3 rings (SSSR count). The minimum atomic E-state index is 0.0663. The first-order valence-corrected chi connectivity index (χ1v) is 7.07. The van der Waals surface area contributed by atoms with E-state index in [1.807, 2.05) is 42.2 Å². The molecule has 6 heteroatoms. The molecule has 1 aromatic carbocycles. The Hall–Kier alpha value is -2.34. The Balaban J connectivity index is 1.90. The van der Waals surface area contributed by atoms with Crippen molar-refractivity contribution in [3.63, 3.8) is 0 Å². The summed E-state index contributed by atoms with van der Waals surface area (Å²) in [4.78, 5) is 13.5. The molecule has 0 aliphatic rings. The molecule has 21 heavy (non-hydrogen) atoms. The van der Waals surface area contributed by atoms with E-state index in [1.165, 1.54) is 0 Å². The van der Waals surface area contributed by atoms with Crippen molar-refractivity contribution in [1.29, 1.82) is 0 Å². The van der Waals surface area contributed by atoms with Crippen LogP contribution in [0.25, 0.3) is 11.0 Å². The topological polar surface area (TPSA) is 68.5 Å². The maximum absolute atomic E-state index is 4.70. The quantitative estimate of drug-likeness (QED) is 0.772. The van der Waals surface area contributed by atoms with Crippen molar-refractivity contribution in [3.05, 3.63) is 48.3 Å². The molecule has 0 fully saturated rings. The highest BCUT2D eigenvalue weighted by Gasteiger charge is 2.16. The highest BCUT2D eigenvalue weighted by Crippen LogP contribution is 2.17. The lowest BCUT2D eigenvalue weighted by Crippen LogP contribution is -2.22. The second-order valence-corrected chi connectivity index (χ2v) is 4.82. The summed E-state index contributed by atoms with van der Waals surface area (Å²) in [6, 6.07) is 7.96. The Morgan fingerprint density at radius 3 is 2.76 bits per heavy atom. The number of fused-ring (bicyclic) bond motifs is 1. The molecule has 0 saturated carbocycles. The molecule has 108 valence electrons. The summed E-state index contributed by atoms with van der Waals surface area (Å²) in [5, 5.41) is 7.50. The predicted molar refractivity (Wildman–Crippen MR) is 80.7 cm³/mol. The van der Waals surface area contributed by atoms with Gasteiger partial charge in [0.05, 0.1) is 29.0 Å². The van der Waals surface area contributed by atoms with Gasteiger partial charge in [-0.3, -0.25) is 9.67 Å². The van der Waals surface area contributed by atoms with Gasteiger partial charge >= 0.3 is 0 Å². The molecule has 6 nitrogen and oxygen atoms in total. The van der Waals surface area contributed by atoms with Gasteiger partial charge in [0.25, 0.3) is 0 Å². The Kier molecular flexibility index (Phi) is 3.87. The predicted octanol–water partition coefficient (Wildman–Crippen LogP) is 1.74. The molecular weight excluding hydrogens is 264 g/mol. The van der Waals surface area contributed by atoms with E-state index in [-0.39, 0.29) is 6.04 Å². The summed E-state index contributed by atoms with van der Waals surface area (Å²) in [7, 11) is 1.92. The van der Waals surface area contributed by atoms with Crippen molar-refractivity contribution in [2.24, 2.45) is 0 Å². The first kappa shape index (κ1) is 13.6. The number of hydrogen-bond acceptors (Lipinski definition) is 5. The van der Waals surface area contributed by atoms with Crippen molar-refractivity contribution < 1.29 is 0 Å². The molecule has 0 spiro atoms. The van der Waals surface area contributed by atoms with E-state index in [4.69, 9.17) is 4.98 Å². The van der Waals surface area contributed by atoms with Crippen LogP contribution in [0.2, 0.25) is 0 Å². The van der Waals surface area contributed by atoms with Crippen molar-refractivity contribution in [2.75, 3.05) is 7.05 Å². The fraction of sp³-hybridized carbons (Fsp3) is 0.333. The zero-order chi connectivity index (χ0) is 14.7. The Bertz CT molecular complexity index is 736. The number of nitrogens with zero attached hydrogens (tertiary/aromatic N) is 5. The fourth-order valence-corrected chi connectivity index (χ4v) is 2.39. The number of rotatable bonds is 5. The first-order chi connectivity index (χ1) is 10.3. The van der Waals surface area contributed by atoms with Gasteiger partial charge in [0.2, 0.25) is 0 Å². The highest BCUT2D eigenvalue weighted by molar-refractivity contribution is 5.73. The molecule has 0 saturated heterocycles. The molecule has 0 amide bonds. The Morgan fingerprint density at radius 2 is 2.00 bits per heavy atom. The van der Waals surface area contributed by atoms with Crippen LogP contribution in [0, 0.1) is 0 Å². The van der Waals surface area contributed by atoms with Crippen molar-refractivity contribution in [3.8, 4) is 0 Å². The highest BCUT2D eigenvalue weighted by atomic mass is 15.3. The van der Waals surface area contributed by atoms with Crippen molar-refractivity contribution in [2.45, 2.75) is 25.9 Å². The Morgan fingerprint density at radius 1 is 1.19 bits per heavy atom. The zero-order valence-corrected chi connectivity index (χ0v) is 12.2. The van der Waals surface area contributed by atoms with Crippen LogP contribution in [-0.2, 0) is 13.0 Å². The van der Waals surface area contributed by atoms with E-state index >= 15 is 0 Å². The maximum atomic E-state index is 4.70. The average Bonchev–Trinajstić information content (AvgIpc) is 2.99. The van der Waals surface area contributed by atoms with Gasteiger partial charge in [-0.15, -0.1) is 0 Å². The van der Waals surface area contributed by atoms with Crippen LogP contribution in [-0.4, -0.2) is 31.8 Å². The van der Waals surface area contributed by atoms with Gasteiger partial charge in [-0.25, -0.2) is 9.97 Å². The number of benzene rings is 1. The lowest BCUT2D eigenvalue weighted by molar-refractivity contribution is 0.524. The van der Waals surface area contributed by atoms with E-state index < -0.39 is 0 Å². The second-order valence-electron chi connectivity index (χ2n) is 4.82. The van der Waals surface area contributed by atoms with E-state index in [2.05, 4.69) is 27.3 Å². The van der Waals surface area contributed by atoms with Crippen molar-refractivity contribution >= 4 is 11.0 Å². The van der Waals surface area contributed by atoms with Crippen LogP contribution >= 0.6 is 0 Å². The number of hydrogen-bond donors (Lipinski definition) is 1. The normalized spacial score (nSPS) is 12.7. The number of aryl methyl sites for hydroxylation is 1. The van der Waals surface area contributed by atoms with E-state index in [0.717, 1.165) is 35.5 Å². The van der Waals surface area contributed by atoms with Gasteiger partial charge in [0, 0.05) is 13.0 Å². The molecule has 2 aromatic heterocycles. The number of aromatic nitrogens is 5. The molecule has 0 bridgehead atoms. The molecule has 3 aromatic rings. The zero-order valence-electron chi connectivity index (χ0n) is 12.2. The smallest absolute Gasteiger partial charge is 0.138 e. The summed E-state index contributed by atoms with van der Waals surface area (Å²) in [6.07, 6.45) is 4.16. The molecule has 0 aliphatic carbocycles. The molecular formula is C15H18N6. The monoisotopic (exact) mass is 282 g/mol. The van der Waals surface area contributed by atoms with Crippen LogP contribution in [0.4, 0.5) is 0 Å². The van der Waals surface area contributed by atoms with Crippen LogP contribution in [0.1, 0.15) is 24.5 Å². The number of para-hydroxylation sites is 2. The van der Waals surface area contributed by atoms with Gasteiger partial charge < -0.3 is 5.32 Å². The molecule has 1 atom stereocenters. The second kappa shape index (κ2) is 5.97. The molecule has 2 heterocycles. The summed E-state index contributed by atoms with van der Waals surface area (Å²) < 4.78 is 1.90. The van der Waals surface area contributed by atoms with Gasteiger partial charge in [-0.05, 0) is 26.1 Å². The molecule has 0 radical (unpaired) electrons. The lowest BCUT2D eigenvalue weighted by atomic mass is 10.1. The molecule has 1 N–H and O–H groups in total. The van der Waals surface area contributed by atoms with Crippen LogP contribution in [0.5, 0.6) is 0 Å². The third kappa shape index (κ3) is 2.75. The summed E-state index contributed by atoms with van der Waals surface area (Å²) in [5.41, 5.74) is 2.74. The third-order valence-electron chi connectivity index (χ3n) is 3.55. The van der Waals surface area contributed by atoms with E-state index in [9.17, 15) is 0 Å². The molecule has 1 unspecified atom stereocenters. The summed E-state index contributed by atoms with van der Waals surface area (Å²) in [6.45, 7) is 2.87. The fourth-order valence-electron chi connectivity index (χ4n) is 2.39. The van der Waals surface area contributed by atoms with Gasteiger partial charge in [-0.2, -0.15) is 5.10 Å². The lowest BCUT2D eigenvalue weighted by Gasteiger charge is -2.15. The third-order valence-corrected chi connectivity index (χ3v) is 3.55. The first-order valence-electron chi connectivity index (χ1n) is 7.07. The maximum Gasteiger partial charge on any atom is 0.138 e. The number of likely N-dealkylation sites (N-methyl/N-ethyl adjacent to an activating group) is 1. The largest absolute Gasteiger partial charge is 0.311 e. The standard InChI is InChI=1S/C15H18N6/c1-3-21-15(18-10-19-21)8-13(16-2)14-9-17-11-6-4-5-7-12(11)20-14/h4-7,9-10,13,16H,3,8H2,1-2H3.